The molecule has 8 N–H and O–H groups in total. The Hall–Kier alpha value is -0.809. The number of allylic oxidation sites excluding steroid dienone is 8. The van der Waals surface area contributed by atoms with Crippen LogP contribution in [-0.4, -0.2) is 69.7 Å². The molecule has 0 amide bonds. The van der Waals surface area contributed by atoms with Gasteiger partial charge in [0.2, 0.25) is 0 Å². The average molecular weight is 1600 g/mol. The van der Waals surface area contributed by atoms with Crippen molar-refractivity contribution in [1.29, 1.82) is 0 Å². The normalized spacial score (nSPS) is 8.87. The Morgan fingerprint density at radius 1 is 0.533 bits per heavy atom. The van der Waals surface area contributed by atoms with Gasteiger partial charge in [-0.3, -0.25) is 0 Å². The number of hydrogen-bond donors (Lipinski definition) is 4. The van der Waals surface area contributed by atoms with Gasteiger partial charge in [-0.05, 0) is 0 Å². The molecule has 0 saturated heterocycles. The Morgan fingerprint density at radius 3 is 1.40 bits per heavy atom. The van der Waals surface area contributed by atoms with Crippen molar-refractivity contribution >= 4 is 72.0 Å². The maximum Gasteiger partial charge on any atom is 2.00 e. The van der Waals surface area contributed by atoms with Crippen LogP contribution in [0.2, 0.25) is 0 Å². The maximum atomic E-state index is 5.70. The van der Waals surface area contributed by atoms with Gasteiger partial charge in [0.15, 0.2) is 0 Å². The van der Waals surface area contributed by atoms with E-state index in [4.69, 9.17) is 49.3 Å². The van der Waals surface area contributed by atoms with Crippen LogP contribution in [0.1, 0.15) is 22.4 Å². The van der Waals surface area contributed by atoms with Gasteiger partial charge < -0.3 is 0 Å². The molecule has 0 aliphatic heterocycles. The largest absolute Gasteiger partial charge is 2.00 e. The summed E-state index contributed by atoms with van der Waals surface area (Å²) in [6.45, 7) is 22.7. The van der Waals surface area contributed by atoms with Crippen molar-refractivity contribution in [2.24, 2.45) is 22.9 Å². The molecule has 4 aromatic rings. The van der Waals surface area contributed by atoms with Crippen molar-refractivity contribution in [1.82, 2.24) is 19.9 Å². The Morgan fingerprint density at radius 2 is 1.02 bits per heavy atom. The molecule has 16 radical (unpaired) electrons. The van der Waals surface area contributed by atoms with Gasteiger partial charge in [0.25, 0.3) is 0 Å². The van der Waals surface area contributed by atoms with Crippen LogP contribution in [0.5, 0.6) is 0 Å². The molecule has 4 rings (SSSR count). The van der Waals surface area contributed by atoms with Crippen molar-refractivity contribution in [3.63, 3.8) is 0 Å². The van der Waals surface area contributed by atoms with Crippen LogP contribution in [0.3, 0.4) is 0 Å². The average Bonchev–Trinajstić information content (AvgIpc) is 3.16. The number of nitrogens with two attached hydrogens (primary N) is 4. The minimum Gasteiger partial charge on any atom is 2.00 e. The van der Waals surface area contributed by atoms with Crippen LogP contribution in [-0.2, 0) is 152 Å². The van der Waals surface area contributed by atoms with Gasteiger partial charge >= 0.3 is 428 Å². The fraction of sp³-hybridized carbons (Fsp3) is 0. The van der Waals surface area contributed by atoms with E-state index in [0.717, 1.165) is 32.8 Å². The monoisotopic (exact) mass is 1600 g/mol. The van der Waals surface area contributed by atoms with Crippen molar-refractivity contribution in [2.45, 2.75) is 0 Å². The summed E-state index contributed by atoms with van der Waals surface area (Å²) in [5.41, 5.74) is 26.6. The molecule has 0 atom stereocenters. The molecule has 4 heterocycles. The molecule has 0 unspecified atom stereocenters. The standard InChI is InChI=1S/4C10H7N2.4B.4V.4W/c2*1-9(4-2-6-11)10-5-3-7-12-8-10;1-9(3-2-6-11)10-4-7-12-8-5-10;1-9(5-4-7-11)10-6-2-3-8-12-10;;;;;;;;;;;;/h1-3,7-8H,11H2;1-3,5,7H,11H2;1-2,4,7-8H,11H2;1-4,8H,11H2;;;;;;;;;;;;/q4*-3;;;;;4*+2;;;;. The van der Waals surface area contributed by atoms with Crippen LogP contribution in [0.15, 0.2) is 97.9 Å². The Labute approximate surface area is 456 Å². The molecule has 8 nitrogen and oxygen atoms in total. The molecular formula is C40H28B4N8V4W4-4. The number of nitrogens with zero attached hydrogens (tertiary/aromatic N) is 4. The Balaban J connectivity index is -0.0000000959. The van der Waals surface area contributed by atoms with Gasteiger partial charge in [-0.1, -0.05) is 0 Å². The maximum absolute atomic E-state index is 5.70. The van der Waals surface area contributed by atoms with Crippen molar-refractivity contribution < 1.29 is 152 Å². The van der Waals surface area contributed by atoms with Crippen LogP contribution < -0.4 is 22.9 Å². The molecule has 20 heteroatoms. The first-order valence-electron chi connectivity index (χ1n) is 14.2. The minimum atomic E-state index is 0. The smallest absolute Gasteiger partial charge is 2.00 e. The summed E-state index contributed by atoms with van der Waals surface area (Å²) in [6.07, 6.45) is 30.6. The molecule has 0 spiro atoms. The van der Waals surface area contributed by atoms with Crippen LogP contribution >= 0.6 is 0 Å². The van der Waals surface area contributed by atoms with Gasteiger partial charge in [0, 0.05) is 33.7 Å². The number of rotatable bonds is 12. The zero-order chi connectivity index (χ0) is 38.7. The van der Waals surface area contributed by atoms with E-state index in [0.29, 0.717) is 28.0 Å². The zero-order valence-corrected chi connectivity index (χ0v) is 48.7. The van der Waals surface area contributed by atoms with E-state index in [-0.39, 0.29) is 108 Å². The van der Waals surface area contributed by atoms with Crippen LogP contribution in [0.4, 0.5) is 0 Å². The molecule has 0 aromatic carbocycles. The second-order valence-electron chi connectivity index (χ2n) is 9.02. The summed E-state index contributed by atoms with van der Waals surface area (Å²) in [5.74, 6) is 0. The van der Waals surface area contributed by atoms with Gasteiger partial charge in [-0.15, -0.1) is 0 Å². The second-order valence-corrected chi connectivity index (χ2v) is 15.8. The third-order valence-electron chi connectivity index (χ3n) is 5.04. The minimum absolute atomic E-state index is 0. The van der Waals surface area contributed by atoms with Gasteiger partial charge in [-0.2, -0.15) is 0 Å². The van der Waals surface area contributed by atoms with E-state index in [1.807, 2.05) is 6.07 Å². The summed E-state index contributed by atoms with van der Waals surface area (Å²) < 4.78 is 2.97. The first-order chi connectivity index (χ1) is 24.8. The molecule has 4 aromatic heterocycles. The predicted molar refractivity (Wildman–Crippen MR) is 214 cm³/mol. The molecular weight excluding hydrogens is 1570 g/mol. The molecule has 0 fully saturated rings. The molecule has 0 aliphatic carbocycles. The fourth-order valence-electron chi connectivity index (χ4n) is 2.80. The fourth-order valence-corrected chi connectivity index (χ4v) is 3.65. The SMILES string of the molecule is [B].[B].[B].[B].[CH-]=C([C-]=C[C](N)=[W])c1[c-]cccn1.[CH-]=C([C-]=C[C](N)=[W])c1[c-]ccnc1.[CH-]=C([C-]=C[C](N)=[W])c1[c-]cncc1.[CH-]=C([C-]=C[C](N)=[W])c1[c-]nccc1.[V+2].[V+2].[V+2].[V+2]. The quantitative estimate of drug-likeness (QED) is 0.0940. The van der Waals surface area contributed by atoms with E-state index in [1.165, 1.54) is 77.4 Å². The number of aromatic nitrogens is 4. The molecule has 0 saturated carbocycles. The Bertz CT molecular complexity index is 1690. The van der Waals surface area contributed by atoms with Crippen LogP contribution in [0, 0.1) is 75.0 Å². The first-order valence-corrected chi connectivity index (χ1v) is 20.0. The predicted octanol–water partition coefficient (Wildman–Crippen LogP) is 1.24. The summed E-state index contributed by atoms with van der Waals surface area (Å²) >= 11 is 4.80. The van der Waals surface area contributed by atoms with Gasteiger partial charge in [-0.25, -0.2) is 0 Å². The van der Waals surface area contributed by atoms with E-state index >= 15 is 0 Å². The Kier molecular flexibility index (Phi) is 60.8. The van der Waals surface area contributed by atoms with Gasteiger partial charge in [0.05, 0.1) is 0 Å². The van der Waals surface area contributed by atoms with Crippen LogP contribution in [0.25, 0.3) is 22.3 Å². The van der Waals surface area contributed by atoms with E-state index in [9.17, 15) is 0 Å². The van der Waals surface area contributed by atoms with Crippen molar-refractivity contribution in [3.05, 3.63) is 195 Å². The first kappa shape index (κ1) is 76.5. The zero-order valence-electron chi connectivity index (χ0n) is 31.4. The molecule has 288 valence electrons. The number of pyridine rings is 4. The molecule has 0 bridgehead atoms. The summed E-state index contributed by atoms with van der Waals surface area (Å²) in [6, 6.07) is 19.4. The topological polar surface area (TPSA) is 156 Å². The summed E-state index contributed by atoms with van der Waals surface area (Å²) in [4.78, 5) is 15.6. The third-order valence-corrected chi connectivity index (χ3v) is 6.74. The van der Waals surface area contributed by atoms with E-state index < -0.39 is 0 Å². The van der Waals surface area contributed by atoms with Gasteiger partial charge in [0.1, 0.15) is 0 Å². The number of hydrogen-bond acceptors (Lipinski definition) is 8. The molecule has 60 heavy (non-hydrogen) atoms. The summed E-state index contributed by atoms with van der Waals surface area (Å²) in [7, 11) is 0. The van der Waals surface area contributed by atoms with E-state index in [1.54, 1.807) is 91.8 Å². The molecule has 0 aliphatic rings. The third kappa shape index (κ3) is 40.0. The second kappa shape index (κ2) is 47.7. The van der Waals surface area contributed by atoms with E-state index in [2.05, 4.69) is 68.6 Å². The van der Waals surface area contributed by atoms with Crippen molar-refractivity contribution in [3.8, 4) is 0 Å². The van der Waals surface area contributed by atoms with Crippen molar-refractivity contribution in [2.75, 3.05) is 0 Å². The summed E-state index contributed by atoms with van der Waals surface area (Å²) in [5, 5.41) is 0.